The van der Waals surface area contributed by atoms with E-state index >= 15 is 0 Å². The van der Waals surface area contributed by atoms with Crippen molar-refractivity contribution in [1.82, 2.24) is 4.90 Å². The number of carbonyl (C=O) groups excluding carboxylic acids is 1. The van der Waals surface area contributed by atoms with Crippen LogP contribution in [0.2, 0.25) is 0 Å². The maximum absolute atomic E-state index is 13.2. The molecule has 5 heteroatoms. The number of rotatable bonds is 1. The number of furan rings is 1. The Kier molecular flexibility index (Phi) is 4.81. The van der Waals surface area contributed by atoms with E-state index in [1.54, 1.807) is 0 Å². The van der Waals surface area contributed by atoms with E-state index in [0.717, 1.165) is 73.9 Å². The van der Waals surface area contributed by atoms with Crippen LogP contribution in [0.25, 0.3) is 11.0 Å². The third-order valence-corrected chi connectivity index (χ3v) is 7.17. The summed E-state index contributed by atoms with van der Waals surface area (Å²) in [5, 5.41) is 12.0. The lowest BCUT2D eigenvalue weighted by molar-refractivity contribution is -0.0373. The lowest BCUT2D eigenvalue weighted by Crippen LogP contribution is -2.42. The van der Waals surface area contributed by atoms with Gasteiger partial charge in [-0.3, -0.25) is 4.79 Å². The summed E-state index contributed by atoms with van der Waals surface area (Å²) in [4.78, 5) is 15.1. The van der Waals surface area contributed by atoms with Gasteiger partial charge in [-0.1, -0.05) is 19.3 Å². The lowest BCUT2D eigenvalue weighted by atomic mass is 9.77. The predicted molar refractivity (Wildman–Crippen MR) is 111 cm³/mol. The van der Waals surface area contributed by atoms with Crippen molar-refractivity contribution in [2.75, 3.05) is 13.1 Å². The van der Waals surface area contributed by atoms with Gasteiger partial charge in [0, 0.05) is 36.0 Å². The molecule has 3 heterocycles. The minimum Gasteiger partial charge on any atom is -0.487 e. The average molecular weight is 398 g/mol. The number of hydrogen-bond donors (Lipinski definition) is 1. The first-order valence-electron chi connectivity index (χ1n) is 11.3. The zero-order valence-corrected chi connectivity index (χ0v) is 17.3. The smallest absolute Gasteiger partial charge is 0.289 e. The summed E-state index contributed by atoms with van der Waals surface area (Å²) < 4.78 is 12.5. The number of aliphatic hydroxyl groups excluding tert-OH is 1. The van der Waals surface area contributed by atoms with Gasteiger partial charge in [-0.25, -0.2) is 0 Å². The number of likely N-dealkylation sites (tertiary alicyclic amines) is 1. The molecule has 1 aromatic heterocycles. The Bertz CT molecular complexity index is 917. The molecule has 1 atom stereocenters. The summed E-state index contributed by atoms with van der Waals surface area (Å²) in [6, 6.07) is 3.81. The van der Waals surface area contributed by atoms with Crippen molar-refractivity contribution in [3.05, 3.63) is 29.0 Å². The Morgan fingerprint density at radius 2 is 1.76 bits per heavy atom. The topological polar surface area (TPSA) is 62.9 Å². The summed E-state index contributed by atoms with van der Waals surface area (Å²) in [7, 11) is 0. The highest BCUT2D eigenvalue weighted by Gasteiger charge is 2.42. The van der Waals surface area contributed by atoms with Crippen molar-refractivity contribution in [2.45, 2.75) is 82.8 Å². The first-order valence-corrected chi connectivity index (χ1v) is 11.3. The number of amides is 1. The number of ether oxygens (including phenoxy) is 1. The van der Waals surface area contributed by atoms with Crippen LogP contribution in [0.5, 0.6) is 5.75 Å². The fourth-order valence-corrected chi connectivity index (χ4v) is 5.63. The van der Waals surface area contributed by atoms with Crippen LogP contribution in [-0.4, -0.2) is 34.6 Å². The number of carbonyl (C=O) groups is 1. The van der Waals surface area contributed by atoms with E-state index in [9.17, 15) is 9.90 Å². The van der Waals surface area contributed by atoms with Gasteiger partial charge in [-0.2, -0.15) is 0 Å². The Hall–Kier alpha value is -2.01. The molecule has 2 aromatic rings. The van der Waals surface area contributed by atoms with Crippen LogP contribution in [0.1, 0.15) is 92.0 Å². The largest absolute Gasteiger partial charge is 0.487 e. The SMILES string of the molecule is Cc1c(C(=O)N2CCCCCC2)oc2ccc3c(c12)[C@H](O)CC1(CCCCC1)O3. The first-order chi connectivity index (χ1) is 14.1. The fraction of sp³-hybridized carbons (Fsp3) is 0.625. The molecular formula is C24H31NO4. The van der Waals surface area contributed by atoms with Gasteiger partial charge in [-0.15, -0.1) is 0 Å². The van der Waals surface area contributed by atoms with Crippen molar-refractivity contribution < 1.29 is 19.1 Å². The second-order valence-electron chi connectivity index (χ2n) is 9.18. The molecule has 5 nitrogen and oxygen atoms in total. The van der Waals surface area contributed by atoms with Gasteiger partial charge in [0.1, 0.15) is 16.9 Å². The zero-order valence-electron chi connectivity index (χ0n) is 17.3. The molecule has 0 bridgehead atoms. The molecule has 0 radical (unpaired) electrons. The molecule has 2 fully saturated rings. The number of hydrogen-bond acceptors (Lipinski definition) is 4. The zero-order chi connectivity index (χ0) is 20.0. The quantitative estimate of drug-likeness (QED) is 0.711. The van der Waals surface area contributed by atoms with Gasteiger partial charge < -0.3 is 19.2 Å². The Morgan fingerprint density at radius 1 is 1.07 bits per heavy atom. The minimum absolute atomic E-state index is 0.0238. The van der Waals surface area contributed by atoms with E-state index in [0.29, 0.717) is 17.8 Å². The van der Waals surface area contributed by atoms with E-state index in [1.165, 1.54) is 19.3 Å². The summed E-state index contributed by atoms with van der Waals surface area (Å²) in [5.74, 6) is 1.15. The lowest BCUT2D eigenvalue weighted by Gasteiger charge is -2.43. The number of aliphatic hydroxyl groups is 1. The van der Waals surface area contributed by atoms with Gasteiger partial charge in [0.25, 0.3) is 5.91 Å². The highest BCUT2D eigenvalue weighted by molar-refractivity contribution is 6.00. The fourth-order valence-electron chi connectivity index (χ4n) is 5.63. The van der Waals surface area contributed by atoms with Crippen molar-refractivity contribution in [1.29, 1.82) is 0 Å². The molecule has 1 spiro atoms. The number of fused-ring (bicyclic) bond motifs is 3. The van der Waals surface area contributed by atoms with Crippen molar-refractivity contribution in [3.63, 3.8) is 0 Å². The van der Waals surface area contributed by atoms with Crippen LogP contribution in [0.4, 0.5) is 0 Å². The summed E-state index contributed by atoms with van der Waals surface area (Å²) >= 11 is 0. The van der Waals surface area contributed by atoms with Gasteiger partial charge in [0.15, 0.2) is 5.76 Å². The second-order valence-corrected chi connectivity index (χ2v) is 9.18. The van der Waals surface area contributed by atoms with Crippen LogP contribution >= 0.6 is 0 Å². The molecule has 29 heavy (non-hydrogen) atoms. The predicted octanol–water partition coefficient (Wildman–Crippen LogP) is 5.28. The molecule has 5 rings (SSSR count). The van der Waals surface area contributed by atoms with E-state index in [4.69, 9.17) is 9.15 Å². The van der Waals surface area contributed by atoms with Gasteiger partial charge in [0.2, 0.25) is 0 Å². The Morgan fingerprint density at radius 3 is 2.48 bits per heavy atom. The third-order valence-electron chi connectivity index (χ3n) is 7.17. The summed E-state index contributed by atoms with van der Waals surface area (Å²) in [6.07, 6.45) is 10.1. The number of nitrogens with zero attached hydrogens (tertiary/aromatic N) is 1. The van der Waals surface area contributed by atoms with Crippen LogP contribution in [-0.2, 0) is 0 Å². The molecule has 1 aliphatic carbocycles. The monoisotopic (exact) mass is 397 g/mol. The molecular weight excluding hydrogens is 366 g/mol. The summed E-state index contributed by atoms with van der Waals surface area (Å²) in [5.41, 5.74) is 2.06. The van der Waals surface area contributed by atoms with Gasteiger partial charge in [0.05, 0.1) is 6.10 Å². The molecule has 156 valence electrons. The molecule has 1 aromatic carbocycles. The standard InChI is InChI=1S/C24H31NO4/c1-16-20-18(28-22(16)23(27)25-13-7-2-3-8-14-25)9-10-19-21(20)17(26)15-24(29-19)11-5-4-6-12-24/h9-10,17,26H,2-8,11-15H2,1H3/t17-/m1/s1. The molecule has 2 aliphatic heterocycles. The van der Waals surface area contributed by atoms with E-state index < -0.39 is 6.10 Å². The number of benzene rings is 1. The molecule has 1 amide bonds. The number of aryl methyl sites for hydroxylation is 1. The van der Waals surface area contributed by atoms with E-state index in [1.807, 2.05) is 24.0 Å². The van der Waals surface area contributed by atoms with Crippen molar-refractivity contribution in [2.24, 2.45) is 0 Å². The average Bonchev–Trinajstić information content (AvgIpc) is 2.89. The van der Waals surface area contributed by atoms with Crippen molar-refractivity contribution in [3.8, 4) is 5.75 Å². The summed E-state index contributed by atoms with van der Waals surface area (Å²) in [6.45, 7) is 3.53. The maximum Gasteiger partial charge on any atom is 0.289 e. The Labute approximate surface area is 172 Å². The third kappa shape index (κ3) is 3.24. The van der Waals surface area contributed by atoms with Crippen LogP contribution in [0.15, 0.2) is 16.5 Å². The Balaban J connectivity index is 1.53. The molecule has 3 aliphatic rings. The molecule has 1 saturated carbocycles. The molecule has 1 saturated heterocycles. The molecule has 0 unspecified atom stereocenters. The van der Waals surface area contributed by atoms with E-state index in [2.05, 4.69) is 0 Å². The van der Waals surface area contributed by atoms with Crippen LogP contribution in [0, 0.1) is 6.92 Å². The highest BCUT2D eigenvalue weighted by Crippen LogP contribution is 2.49. The second kappa shape index (κ2) is 7.35. The normalized spacial score (nSPS) is 24.2. The highest BCUT2D eigenvalue weighted by atomic mass is 16.5. The minimum atomic E-state index is -0.585. The van der Waals surface area contributed by atoms with Gasteiger partial charge in [-0.05, 0) is 57.6 Å². The van der Waals surface area contributed by atoms with Crippen LogP contribution in [0.3, 0.4) is 0 Å². The van der Waals surface area contributed by atoms with Gasteiger partial charge >= 0.3 is 0 Å². The van der Waals surface area contributed by atoms with E-state index in [-0.39, 0.29) is 11.5 Å². The maximum atomic E-state index is 13.2. The van der Waals surface area contributed by atoms with Crippen LogP contribution < -0.4 is 4.74 Å². The first kappa shape index (κ1) is 19.0. The molecule has 1 N–H and O–H groups in total. The van der Waals surface area contributed by atoms with Crippen molar-refractivity contribution >= 4 is 16.9 Å².